The topological polar surface area (TPSA) is 168 Å². The molecule has 3 aromatic carbocycles. The van der Waals surface area contributed by atoms with Gasteiger partial charge in [-0.3, -0.25) is 23.7 Å². The number of nitrogens with zero attached hydrogens (tertiary/aromatic N) is 15. The third kappa shape index (κ3) is 13.2. The fourth-order valence-electron chi connectivity index (χ4n) is 11.9. The van der Waals surface area contributed by atoms with E-state index in [1.54, 1.807) is 78.8 Å². The number of hydrogen-bond donors (Lipinski definition) is 0. The molecular weight excluding hydrogens is 1280 g/mol. The van der Waals surface area contributed by atoms with Crippen LogP contribution in [0.1, 0.15) is 148 Å². The number of rotatable bonds is 12. The minimum Gasteiger partial charge on any atom is -0.322 e. The number of alkyl halides is 9. The van der Waals surface area contributed by atoms with Gasteiger partial charge in [-0.1, -0.05) is 53.1 Å². The zero-order valence-corrected chi connectivity index (χ0v) is 52.6. The van der Waals surface area contributed by atoms with Crippen LogP contribution in [0.2, 0.25) is 5.02 Å². The number of aryl methyl sites for hydroxylation is 2. The fourth-order valence-corrected chi connectivity index (χ4v) is 12.2. The highest BCUT2D eigenvalue weighted by atomic mass is 35.5. The molecule has 498 valence electrons. The predicted octanol–water partition coefficient (Wildman–Crippen LogP) is 14.6. The van der Waals surface area contributed by atoms with E-state index < -0.39 is 58.8 Å². The number of aromatic nitrogens is 12. The van der Waals surface area contributed by atoms with Crippen molar-refractivity contribution in [1.29, 1.82) is 0 Å². The van der Waals surface area contributed by atoms with E-state index in [0.29, 0.717) is 60.1 Å². The van der Waals surface area contributed by atoms with Gasteiger partial charge in [-0.25, -0.2) is 32.2 Å². The van der Waals surface area contributed by atoms with Gasteiger partial charge in [0.15, 0.2) is 17.1 Å². The maximum absolute atomic E-state index is 13.3. The van der Waals surface area contributed by atoms with Crippen LogP contribution < -0.4 is 14.7 Å². The van der Waals surface area contributed by atoms with Crippen LogP contribution in [0.25, 0.3) is 17.1 Å². The molecule has 9 aromatic rings. The van der Waals surface area contributed by atoms with Crippen LogP contribution in [0.5, 0.6) is 0 Å². The summed E-state index contributed by atoms with van der Waals surface area (Å²) in [6, 6.07) is 16.0. The van der Waals surface area contributed by atoms with Crippen LogP contribution in [0.3, 0.4) is 0 Å². The van der Waals surface area contributed by atoms with Crippen LogP contribution in [0.4, 0.5) is 69.7 Å². The molecule has 3 aliphatic rings. The molecule has 3 saturated heterocycles. The summed E-state index contributed by atoms with van der Waals surface area (Å²) in [6.07, 6.45) is -7.32. The number of hydrogen-bond acceptors (Lipinski definition) is 9. The second-order valence-corrected chi connectivity index (χ2v) is 24.0. The summed E-state index contributed by atoms with van der Waals surface area (Å²) >= 11 is 5.86. The average Bonchev–Trinajstić information content (AvgIpc) is 1.62. The van der Waals surface area contributed by atoms with Crippen LogP contribution in [-0.2, 0) is 32.9 Å². The second-order valence-electron chi connectivity index (χ2n) is 23.6. The Morgan fingerprint density at radius 1 is 0.479 bits per heavy atom. The van der Waals surface area contributed by atoms with Crippen molar-refractivity contribution in [3.05, 3.63) is 178 Å². The van der Waals surface area contributed by atoms with Crippen molar-refractivity contribution >= 4 is 46.4 Å². The Labute approximate surface area is 534 Å². The van der Waals surface area contributed by atoms with E-state index in [0.717, 1.165) is 38.7 Å². The number of amides is 3. The van der Waals surface area contributed by atoms with Gasteiger partial charge < -0.3 is 19.3 Å². The van der Waals surface area contributed by atoms with Gasteiger partial charge >= 0.3 is 18.5 Å². The molecule has 0 aliphatic carbocycles. The molecule has 0 radical (unpaired) electrons. The first-order chi connectivity index (χ1) is 44.2. The lowest BCUT2D eigenvalue weighted by Gasteiger charge is -2.20. The number of halogens is 13. The maximum atomic E-state index is 13.3. The molecule has 0 saturated carbocycles. The lowest BCUT2D eigenvalue weighted by atomic mass is 10.1. The van der Waals surface area contributed by atoms with Gasteiger partial charge in [-0.2, -0.15) is 65.0 Å². The molecular formula is C63H62ClF12N15O3. The fraction of sp³-hybridized carbons (Fsp3) is 0.381. The molecule has 0 N–H and O–H groups in total. The van der Waals surface area contributed by atoms with E-state index in [-0.39, 0.29) is 83.1 Å². The molecule has 3 fully saturated rings. The molecule has 0 bridgehead atoms. The Morgan fingerprint density at radius 2 is 0.830 bits per heavy atom. The Hall–Kier alpha value is -9.22. The number of anilines is 3. The van der Waals surface area contributed by atoms with Crippen molar-refractivity contribution in [2.24, 2.45) is 0 Å². The number of carbonyl (C=O) groups excluding carboxylic acids is 3. The zero-order chi connectivity index (χ0) is 68.4. The van der Waals surface area contributed by atoms with Gasteiger partial charge in [0.25, 0.3) is 11.8 Å². The van der Waals surface area contributed by atoms with E-state index >= 15 is 0 Å². The quantitative estimate of drug-likeness (QED) is 0.108. The SMILES string of the molecule is Cc1c(Cl)c(C(F)(F)F)nn1C1CCN(c2cnn(-c3ccc(F)cc3)c2C(C)C)C1=O.Cc1cc(C(F)(F)F)nn1C1CCN(c2cnn(-c3ccc(F)cc3)c2C(C)C)C1=O.Cc1nc(C(F)(F)F)cn1C1CCN(c2cnn(-c3ccc(F)cc3)c2C(C)C)C1=O. The van der Waals surface area contributed by atoms with Crippen molar-refractivity contribution in [2.45, 2.75) is 136 Å². The molecule has 3 amide bonds. The predicted molar refractivity (Wildman–Crippen MR) is 322 cm³/mol. The molecule has 3 aliphatic heterocycles. The first-order valence-electron chi connectivity index (χ1n) is 29.7. The average molecular weight is 1340 g/mol. The smallest absolute Gasteiger partial charge is 0.322 e. The summed E-state index contributed by atoms with van der Waals surface area (Å²) in [6.45, 7) is 17.0. The second kappa shape index (κ2) is 25.9. The van der Waals surface area contributed by atoms with Gasteiger partial charge in [-0.05, 0) is 137 Å². The summed E-state index contributed by atoms with van der Waals surface area (Å²) in [5.74, 6) is -2.07. The molecule has 6 aromatic heterocycles. The molecule has 18 nitrogen and oxygen atoms in total. The van der Waals surface area contributed by atoms with Crippen LogP contribution in [0, 0.1) is 38.2 Å². The highest BCUT2D eigenvalue weighted by molar-refractivity contribution is 6.32. The first-order valence-corrected chi connectivity index (χ1v) is 30.1. The van der Waals surface area contributed by atoms with Gasteiger partial charge in [0.05, 0.1) is 80.5 Å². The van der Waals surface area contributed by atoms with E-state index in [4.69, 9.17) is 11.6 Å². The van der Waals surface area contributed by atoms with E-state index in [1.165, 1.54) is 66.6 Å². The zero-order valence-electron chi connectivity index (χ0n) is 51.9. The van der Waals surface area contributed by atoms with E-state index in [2.05, 4.69) is 30.5 Å². The summed E-state index contributed by atoms with van der Waals surface area (Å²) < 4.78 is 166. The third-order valence-corrected chi connectivity index (χ3v) is 16.8. The molecule has 31 heteroatoms. The maximum Gasteiger partial charge on any atom is 0.436 e. The van der Waals surface area contributed by atoms with Crippen LogP contribution >= 0.6 is 11.6 Å². The molecule has 3 atom stereocenters. The van der Waals surface area contributed by atoms with Gasteiger partial charge in [0, 0.05) is 31.5 Å². The normalized spacial score (nSPS) is 17.2. The summed E-state index contributed by atoms with van der Waals surface area (Å²) in [7, 11) is 0. The van der Waals surface area contributed by atoms with Crippen molar-refractivity contribution in [3.63, 3.8) is 0 Å². The van der Waals surface area contributed by atoms with E-state index in [1.807, 2.05) is 41.5 Å². The summed E-state index contributed by atoms with van der Waals surface area (Å²) in [5.41, 5.74) is 3.08. The number of benzene rings is 3. The van der Waals surface area contributed by atoms with Crippen molar-refractivity contribution < 1.29 is 67.1 Å². The standard InChI is InChI=1S/C21H20ClF4N5O.2C21H21F4N5O/c1-11(2)18-16(10-27-31(18)14-6-4-13(23)5-7-14)29-9-8-15(20(29)32)30-12(3)17(22)19(28-30)21(24,25)26;1-12(2)19-17(10-26-30(19)15-6-4-14(22)5-7-15)28-9-8-16(20(28)31)29-11-18(21(23,24)25)27-13(29)3;1-12(2)19-17(11-26-30(19)15-6-4-14(22)5-7-15)28-9-8-16(20(28)31)29-13(3)10-18(27-29)21(23,24)25/h4-7,10-11,15H,8-9H2,1-3H3;2*4-7,10-12,16H,8-9H2,1-3H3. The molecule has 12 rings (SSSR count). The molecule has 3 unspecified atom stereocenters. The highest BCUT2D eigenvalue weighted by Gasteiger charge is 2.45. The summed E-state index contributed by atoms with van der Waals surface area (Å²) in [4.78, 5) is 47.8. The Bertz CT molecular complexity index is 4070. The minimum atomic E-state index is -4.71. The van der Waals surface area contributed by atoms with Gasteiger partial charge in [0.2, 0.25) is 5.91 Å². The minimum absolute atomic E-state index is 0.0128. The molecule has 0 spiro atoms. The number of imidazole rings is 1. The van der Waals surface area contributed by atoms with Crippen molar-refractivity contribution in [3.8, 4) is 17.1 Å². The van der Waals surface area contributed by atoms with Gasteiger partial charge in [0.1, 0.15) is 41.4 Å². The monoisotopic (exact) mass is 1340 g/mol. The van der Waals surface area contributed by atoms with Crippen LogP contribution in [0.15, 0.2) is 104 Å². The lowest BCUT2D eigenvalue weighted by Crippen LogP contribution is -2.30. The third-order valence-electron chi connectivity index (χ3n) is 16.3. The van der Waals surface area contributed by atoms with E-state index in [9.17, 15) is 67.1 Å². The molecule has 9 heterocycles. The van der Waals surface area contributed by atoms with Crippen LogP contribution in [-0.4, -0.2) is 95.8 Å². The van der Waals surface area contributed by atoms with Gasteiger partial charge in [-0.15, -0.1) is 0 Å². The molecule has 94 heavy (non-hydrogen) atoms. The summed E-state index contributed by atoms with van der Waals surface area (Å²) in [5, 5.41) is 19.9. The lowest BCUT2D eigenvalue weighted by molar-refractivity contribution is -0.142. The number of carbonyl (C=O) groups is 3. The highest BCUT2D eigenvalue weighted by Crippen LogP contribution is 2.42. The Balaban J connectivity index is 0.000000154. The van der Waals surface area contributed by atoms with Crippen molar-refractivity contribution in [2.75, 3.05) is 34.3 Å². The Morgan fingerprint density at radius 3 is 1.15 bits per heavy atom. The van der Waals surface area contributed by atoms with Crippen molar-refractivity contribution in [1.82, 2.24) is 58.5 Å². The Kier molecular flexibility index (Phi) is 18.7. The first kappa shape index (κ1) is 67.7. The largest absolute Gasteiger partial charge is 0.436 e.